The first-order valence-corrected chi connectivity index (χ1v) is 8.60. The Kier molecular flexibility index (Phi) is 5.17. The molecule has 0 bridgehead atoms. The van der Waals surface area contributed by atoms with Crippen molar-refractivity contribution in [3.8, 4) is 0 Å². The van der Waals surface area contributed by atoms with Gasteiger partial charge in [-0.1, -0.05) is 0 Å². The zero-order valence-corrected chi connectivity index (χ0v) is 12.5. The number of nitrogens with zero attached hydrogens (tertiary/aromatic N) is 2. The van der Waals surface area contributed by atoms with Crippen LogP contribution in [0.4, 0.5) is 0 Å². The van der Waals surface area contributed by atoms with Crippen molar-refractivity contribution >= 4 is 21.9 Å². The van der Waals surface area contributed by atoms with Crippen molar-refractivity contribution in [3.63, 3.8) is 0 Å². The van der Waals surface area contributed by atoms with Gasteiger partial charge in [0.05, 0.1) is 19.0 Å². The summed E-state index contributed by atoms with van der Waals surface area (Å²) < 4.78 is 30.6. The van der Waals surface area contributed by atoms with E-state index in [1.165, 1.54) is 9.21 Å². The van der Waals surface area contributed by atoms with Gasteiger partial charge >= 0.3 is 5.97 Å². The number of carboxylic acids is 1. The fourth-order valence-electron chi connectivity index (χ4n) is 2.64. The van der Waals surface area contributed by atoms with Crippen LogP contribution in [0.2, 0.25) is 0 Å². The average Bonchev–Trinajstić information content (AvgIpc) is 2.95. The van der Waals surface area contributed by atoms with Crippen LogP contribution in [0, 0.1) is 0 Å². The van der Waals surface area contributed by atoms with E-state index in [0.717, 1.165) is 0 Å². The second kappa shape index (κ2) is 6.71. The molecule has 8 nitrogen and oxygen atoms in total. The number of aliphatic carboxylic acids is 1. The quantitative estimate of drug-likeness (QED) is 0.705. The van der Waals surface area contributed by atoms with Crippen LogP contribution >= 0.6 is 0 Å². The minimum atomic E-state index is -3.49. The molecule has 0 aromatic heterocycles. The number of amides is 1. The monoisotopic (exact) mass is 320 g/mol. The first kappa shape index (κ1) is 16.2. The van der Waals surface area contributed by atoms with Gasteiger partial charge in [-0.3, -0.25) is 4.79 Å². The molecule has 0 saturated carbocycles. The summed E-state index contributed by atoms with van der Waals surface area (Å²) in [5, 5.41) is 9.03. The SMILES string of the molecule is O=C(O)[C@@H]1CCCN1C(=O)CCS(=O)(=O)N1CCOCC1. The highest BCUT2D eigenvalue weighted by Crippen LogP contribution is 2.19. The molecule has 0 aromatic carbocycles. The van der Waals surface area contributed by atoms with Crippen LogP contribution in [0.25, 0.3) is 0 Å². The van der Waals surface area contributed by atoms with Gasteiger partial charge in [-0.2, -0.15) is 4.31 Å². The molecular weight excluding hydrogens is 300 g/mol. The van der Waals surface area contributed by atoms with Crippen molar-refractivity contribution < 1.29 is 27.9 Å². The Morgan fingerprint density at radius 1 is 1.19 bits per heavy atom. The Morgan fingerprint density at radius 2 is 1.86 bits per heavy atom. The maximum Gasteiger partial charge on any atom is 0.326 e. The van der Waals surface area contributed by atoms with Gasteiger partial charge < -0.3 is 14.7 Å². The van der Waals surface area contributed by atoms with Crippen LogP contribution in [0.15, 0.2) is 0 Å². The lowest BCUT2D eigenvalue weighted by Gasteiger charge is -2.26. The minimum Gasteiger partial charge on any atom is -0.480 e. The summed E-state index contributed by atoms with van der Waals surface area (Å²) in [7, 11) is -3.49. The number of ether oxygens (including phenoxy) is 1. The van der Waals surface area contributed by atoms with Crippen LogP contribution in [-0.4, -0.2) is 79.2 Å². The third-order valence-corrected chi connectivity index (χ3v) is 5.67. The Labute approximate surface area is 123 Å². The normalized spacial score (nSPS) is 24.2. The van der Waals surface area contributed by atoms with E-state index >= 15 is 0 Å². The number of hydrogen-bond donors (Lipinski definition) is 1. The minimum absolute atomic E-state index is 0.177. The number of carbonyl (C=O) groups excluding carboxylic acids is 1. The zero-order chi connectivity index (χ0) is 15.5. The molecule has 2 heterocycles. The van der Waals surface area contributed by atoms with Crippen LogP contribution < -0.4 is 0 Å². The fourth-order valence-corrected chi connectivity index (χ4v) is 4.03. The molecule has 0 radical (unpaired) electrons. The topological polar surface area (TPSA) is 104 Å². The van der Waals surface area contributed by atoms with Gasteiger partial charge in [0.2, 0.25) is 15.9 Å². The summed E-state index contributed by atoms with van der Waals surface area (Å²) >= 11 is 0. The van der Waals surface area contributed by atoms with E-state index in [4.69, 9.17) is 9.84 Å². The molecule has 0 unspecified atom stereocenters. The van der Waals surface area contributed by atoms with Crippen molar-refractivity contribution in [1.29, 1.82) is 0 Å². The van der Waals surface area contributed by atoms with Gasteiger partial charge in [-0.15, -0.1) is 0 Å². The molecule has 2 rings (SSSR count). The summed E-state index contributed by atoms with van der Waals surface area (Å²) in [6, 6.07) is -0.816. The van der Waals surface area contributed by atoms with Crippen LogP contribution in [0.3, 0.4) is 0 Å². The van der Waals surface area contributed by atoms with E-state index in [0.29, 0.717) is 45.7 Å². The molecule has 2 aliphatic heterocycles. The summed E-state index contributed by atoms with van der Waals surface area (Å²) in [5.41, 5.74) is 0. The molecule has 2 aliphatic rings. The second-order valence-corrected chi connectivity index (χ2v) is 7.25. The first-order valence-electron chi connectivity index (χ1n) is 6.99. The number of morpholine rings is 1. The highest BCUT2D eigenvalue weighted by atomic mass is 32.2. The van der Waals surface area contributed by atoms with Gasteiger partial charge in [0.1, 0.15) is 6.04 Å². The average molecular weight is 320 g/mol. The van der Waals surface area contributed by atoms with E-state index in [2.05, 4.69) is 0 Å². The summed E-state index contributed by atoms with van der Waals surface area (Å²) in [4.78, 5) is 24.4. The van der Waals surface area contributed by atoms with Crippen molar-refractivity contribution in [2.24, 2.45) is 0 Å². The third kappa shape index (κ3) is 3.92. The molecule has 1 atom stereocenters. The Morgan fingerprint density at radius 3 is 2.48 bits per heavy atom. The highest BCUT2D eigenvalue weighted by Gasteiger charge is 2.34. The van der Waals surface area contributed by atoms with Crippen LogP contribution in [-0.2, 0) is 24.3 Å². The van der Waals surface area contributed by atoms with Crippen LogP contribution in [0.1, 0.15) is 19.3 Å². The largest absolute Gasteiger partial charge is 0.480 e. The number of hydrogen-bond acceptors (Lipinski definition) is 5. The Balaban J connectivity index is 1.89. The van der Waals surface area contributed by atoms with E-state index in [1.807, 2.05) is 0 Å². The molecule has 0 aliphatic carbocycles. The van der Waals surface area contributed by atoms with E-state index in [1.54, 1.807) is 0 Å². The molecule has 0 aromatic rings. The molecule has 120 valence electrons. The Hall–Kier alpha value is -1.19. The molecule has 1 N–H and O–H groups in total. The summed E-state index contributed by atoms with van der Waals surface area (Å²) in [6.07, 6.45) is 0.889. The number of carboxylic acid groups (broad SMARTS) is 1. The molecule has 21 heavy (non-hydrogen) atoms. The fraction of sp³-hybridized carbons (Fsp3) is 0.833. The predicted molar refractivity (Wildman–Crippen MR) is 73.2 cm³/mol. The lowest BCUT2D eigenvalue weighted by Crippen LogP contribution is -2.44. The molecule has 2 fully saturated rings. The van der Waals surface area contributed by atoms with Gasteiger partial charge in [0.25, 0.3) is 0 Å². The standard InChI is InChI=1S/C12H20N2O6S/c15-11(14-4-1-2-10(14)12(16)17)3-9-21(18,19)13-5-7-20-8-6-13/h10H,1-9H2,(H,16,17)/t10-/m0/s1. The predicted octanol–water partition coefficient (Wildman–Crippen LogP) is -0.886. The summed E-state index contributed by atoms with van der Waals surface area (Å²) in [5.74, 6) is -1.72. The van der Waals surface area contributed by atoms with Crippen molar-refractivity contribution in [2.75, 3.05) is 38.6 Å². The summed E-state index contributed by atoms with van der Waals surface area (Å²) in [6.45, 7) is 1.71. The lowest BCUT2D eigenvalue weighted by atomic mass is 10.2. The molecule has 1 amide bonds. The Bertz CT molecular complexity index is 500. The van der Waals surface area contributed by atoms with Crippen molar-refractivity contribution in [2.45, 2.75) is 25.3 Å². The number of rotatable bonds is 5. The van der Waals surface area contributed by atoms with Crippen molar-refractivity contribution in [1.82, 2.24) is 9.21 Å². The maximum absolute atomic E-state index is 12.1. The maximum atomic E-state index is 12.1. The van der Waals surface area contributed by atoms with Gasteiger partial charge in [0, 0.05) is 26.1 Å². The smallest absolute Gasteiger partial charge is 0.326 e. The molecule has 0 spiro atoms. The van der Waals surface area contributed by atoms with Gasteiger partial charge in [-0.05, 0) is 12.8 Å². The highest BCUT2D eigenvalue weighted by molar-refractivity contribution is 7.89. The van der Waals surface area contributed by atoms with E-state index < -0.39 is 27.9 Å². The van der Waals surface area contributed by atoms with Gasteiger partial charge in [0.15, 0.2) is 0 Å². The number of carbonyl (C=O) groups is 2. The second-order valence-electron chi connectivity index (χ2n) is 5.16. The molecular formula is C12H20N2O6S. The van der Waals surface area contributed by atoms with E-state index in [-0.39, 0.29) is 12.2 Å². The van der Waals surface area contributed by atoms with Crippen LogP contribution in [0.5, 0.6) is 0 Å². The molecule has 2 saturated heterocycles. The zero-order valence-electron chi connectivity index (χ0n) is 11.7. The van der Waals surface area contributed by atoms with Crippen molar-refractivity contribution in [3.05, 3.63) is 0 Å². The number of sulfonamides is 1. The lowest BCUT2D eigenvalue weighted by molar-refractivity contribution is -0.148. The number of likely N-dealkylation sites (tertiary alicyclic amines) is 1. The van der Waals surface area contributed by atoms with Gasteiger partial charge in [-0.25, -0.2) is 13.2 Å². The molecule has 9 heteroatoms. The van der Waals surface area contributed by atoms with E-state index in [9.17, 15) is 18.0 Å². The third-order valence-electron chi connectivity index (χ3n) is 3.80. The first-order chi connectivity index (χ1) is 9.92.